The van der Waals surface area contributed by atoms with Crippen LogP contribution in [0.1, 0.15) is 12.8 Å². The molecule has 0 amide bonds. The lowest BCUT2D eigenvalue weighted by molar-refractivity contribution is 0.0101. The van der Waals surface area contributed by atoms with Crippen LogP contribution in [-0.2, 0) is 4.74 Å². The van der Waals surface area contributed by atoms with Crippen molar-refractivity contribution in [1.82, 2.24) is 0 Å². The van der Waals surface area contributed by atoms with Crippen molar-refractivity contribution in [3.8, 4) is 5.75 Å². The van der Waals surface area contributed by atoms with E-state index in [0.717, 1.165) is 22.7 Å². The standard InChI is InChI=1S/C15H15BrO2/c16-14-5-3-13-8-15(6-4-12(13)7-14)18-10-17-9-11-1-2-11/h3-8,11H,1-2,9-10H2. The summed E-state index contributed by atoms with van der Waals surface area (Å²) in [7, 11) is 0. The fraction of sp³-hybridized carbons (Fsp3) is 0.333. The van der Waals surface area contributed by atoms with Gasteiger partial charge in [-0.1, -0.05) is 28.1 Å². The Morgan fingerprint density at radius 3 is 2.67 bits per heavy atom. The van der Waals surface area contributed by atoms with E-state index in [4.69, 9.17) is 9.47 Å². The third-order valence-electron chi connectivity index (χ3n) is 3.13. The van der Waals surface area contributed by atoms with E-state index in [1.54, 1.807) is 0 Å². The van der Waals surface area contributed by atoms with Crippen LogP contribution in [0.2, 0.25) is 0 Å². The molecule has 0 atom stereocenters. The highest BCUT2D eigenvalue weighted by Gasteiger charge is 2.21. The Bertz CT molecular complexity index is 549. The molecular formula is C15H15BrO2. The Balaban J connectivity index is 1.62. The first-order valence-electron chi connectivity index (χ1n) is 6.21. The van der Waals surface area contributed by atoms with Gasteiger partial charge in [-0.3, -0.25) is 0 Å². The second kappa shape index (κ2) is 5.29. The third kappa shape index (κ3) is 3.03. The van der Waals surface area contributed by atoms with Gasteiger partial charge in [-0.15, -0.1) is 0 Å². The molecule has 3 rings (SSSR count). The lowest BCUT2D eigenvalue weighted by atomic mass is 10.1. The predicted molar refractivity (Wildman–Crippen MR) is 75.8 cm³/mol. The number of rotatable bonds is 5. The fourth-order valence-corrected chi connectivity index (χ4v) is 2.27. The molecule has 0 bridgehead atoms. The second-order valence-electron chi connectivity index (χ2n) is 4.73. The van der Waals surface area contributed by atoms with Crippen molar-refractivity contribution >= 4 is 26.7 Å². The number of ether oxygens (including phenoxy) is 2. The summed E-state index contributed by atoms with van der Waals surface area (Å²) in [4.78, 5) is 0. The van der Waals surface area contributed by atoms with Crippen LogP contribution in [0.25, 0.3) is 10.8 Å². The molecule has 0 heterocycles. The van der Waals surface area contributed by atoms with E-state index in [1.165, 1.54) is 23.6 Å². The topological polar surface area (TPSA) is 18.5 Å². The van der Waals surface area contributed by atoms with Crippen molar-refractivity contribution in [2.24, 2.45) is 5.92 Å². The quantitative estimate of drug-likeness (QED) is 0.603. The summed E-state index contributed by atoms with van der Waals surface area (Å²) < 4.78 is 12.1. The first kappa shape index (κ1) is 12.0. The molecule has 2 aromatic rings. The summed E-state index contributed by atoms with van der Waals surface area (Å²) in [5.74, 6) is 1.64. The number of hydrogen-bond donors (Lipinski definition) is 0. The number of fused-ring (bicyclic) bond motifs is 1. The summed E-state index contributed by atoms with van der Waals surface area (Å²) in [5, 5.41) is 2.38. The average molecular weight is 307 g/mol. The van der Waals surface area contributed by atoms with Crippen molar-refractivity contribution in [1.29, 1.82) is 0 Å². The van der Waals surface area contributed by atoms with Gasteiger partial charge in [0.2, 0.25) is 0 Å². The third-order valence-corrected chi connectivity index (χ3v) is 3.63. The summed E-state index contributed by atoms with van der Waals surface area (Å²) in [6.07, 6.45) is 2.62. The van der Waals surface area contributed by atoms with Crippen molar-refractivity contribution < 1.29 is 9.47 Å². The normalized spacial score (nSPS) is 14.9. The molecule has 0 spiro atoms. The molecule has 1 fully saturated rings. The molecule has 1 aliphatic rings. The molecule has 0 N–H and O–H groups in total. The van der Waals surface area contributed by atoms with Crippen LogP contribution in [0.3, 0.4) is 0 Å². The molecule has 0 unspecified atom stereocenters. The Morgan fingerprint density at radius 1 is 1.06 bits per heavy atom. The highest BCUT2D eigenvalue weighted by Crippen LogP contribution is 2.29. The highest BCUT2D eigenvalue weighted by atomic mass is 79.9. The van der Waals surface area contributed by atoms with Gasteiger partial charge in [-0.05, 0) is 53.8 Å². The lowest BCUT2D eigenvalue weighted by Gasteiger charge is -2.08. The number of halogens is 1. The fourth-order valence-electron chi connectivity index (χ4n) is 1.89. The van der Waals surface area contributed by atoms with Crippen LogP contribution >= 0.6 is 15.9 Å². The molecule has 18 heavy (non-hydrogen) atoms. The molecule has 94 valence electrons. The van der Waals surface area contributed by atoms with Gasteiger partial charge in [0.25, 0.3) is 0 Å². The number of hydrogen-bond acceptors (Lipinski definition) is 2. The second-order valence-corrected chi connectivity index (χ2v) is 5.65. The summed E-state index contributed by atoms with van der Waals surface area (Å²) in [6, 6.07) is 12.3. The van der Waals surface area contributed by atoms with Gasteiger partial charge in [-0.25, -0.2) is 0 Å². The van der Waals surface area contributed by atoms with Gasteiger partial charge in [0.1, 0.15) is 5.75 Å². The highest BCUT2D eigenvalue weighted by molar-refractivity contribution is 9.10. The first-order chi connectivity index (χ1) is 8.81. The van der Waals surface area contributed by atoms with E-state index in [2.05, 4.69) is 34.1 Å². The van der Waals surface area contributed by atoms with E-state index in [1.807, 2.05) is 18.2 Å². The zero-order valence-electron chi connectivity index (χ0n) is 10.1. The zero-order valence-corrected chi connectivity index (χ0v) is 11.7. The van der Waals surface area contributed by atoms with E-state index < -0.39 is 0 Å². The minimum absolute atomic E-state index is 0.346. The Kier molecular flexibility index (Phi) is 3.52. The van der Waals surface area contributed by atoms with Gasteiger partial charge in [-0.2, -0.15) is 0 Å². The Labute approximate surface area is 115 Å². The van der Waals surface area contributed by atoms with E-state index >= 15 is 0 Å². The molecule has 0 radical (unpaired) electrons. The molecule has 1 saturated carbocycles. The van der Waals surface area contributed by atoms with Gasteiger partial charge < -0.3 is 9.47 Å². The van der Waals surface area contributed by atoms with Gasteiger partial charge in [0.05, 0.1) is 6.61 Å². The summed E-state index contributed by atoms with van der Waals surface area (Å²) >= 11 is 3.47. The Hall–Kier alpha value is -1.06. The lowest BCUT2D eigenvalue weighted by Crippen LogP contribution is -2.04. The summed E-state index contributed by atoms with van der Waals surface area (Å²) in [5.41, 5.74) is 0. The van der Waals surface area contributed by atoms with E-state index in [-0.39, 0.29) is 0 Å². The van der Waals surface area contributed by atoms with Crippen LogP contribution in [0, 0.1) is 5.92 Å². The van der Waals surface area contributed by atoms with Crippen molar-refractivity contribution in [2.75, 3.05) is 13.4 Å². The maximum atomic E-state index is 5.59. The molecular weight excluding hydrogens is 292 g/mol. The number of benzene rings is 2. The minimum atomic E-state index is 0.346. The largest absolute Gasteiger partial charge is 0.468 e. The van der Waals surface area contributed by atoms with Crippen LogP contribution in [0.4, 0.5) is 0 Å². The molecule has 2 nitrogen and oxygen atoms in total. The van der Waals surface area contributed by atoms with Crippen LogP contribution in [0.5, 0.6) is 5.75 Å². The van der Waals surface area contributed by atoms with Crippen LogP contribution < -0.4 is 4.74 Å². The zero-order chi connectivity index (χ0) is 12.4. The Morgan fingerprint density at radius 2 is 1.83 bits per heavy atom. The van der Waals surface area contributed by atoms with Gasteiger partial charge >= 0.3 is 0 Å². The smallest absolute Gasteiger partial charge is 0.189 e. The predicted octanol–water partition coefficient (Wildman–Crippen LogP) is 4.37. The molecule has 0 aliphatic heterocycles. The molecule has 2 aromatic carbocycles. The van der Waals surface area contributed by atoms with Gasteiger partial charge in [0, 0.05) is 4.47 Å². The van der Waals surface area contributed by atoms with Crippen LogP contribution in [-0.4, -0.2) is 13.4 Å². The average Bonchev–Trinajstić information content (AvgIpc) is 3.19. The SMILES string of the molecule is Brc1ccc2cc(OCOCC3CC3)ccc2c1. The molecule has 1 aliphatic carbocycles. The van der Waals surface area contributed by atoms with Crippen molar-refractivity contribution in [3.63, 3.8) is 0 Å². The maximum absolute atomic E-state index is 5.59. The summed E-state index contributed by atoms with van der Waals surface area (Å²) in [6.45, 7) is 1.18. The van der Waals surface area contributed by atoms with Gasteiger partial charge in [0.15, 0.2) is 6.79 Å². The van der Waals surface area contributed by atoms with Crippen LogP contribution in [0.15, 0.2) is 40.9 Å². The monoisotopic (exact) mass is 306 g/mol. The van der Waals surface area contributed by atoms with Crippen molar-refractivity contribution in [2.45, 2.75) is 12.8 Å². The van der Waals surface area contributed by atoms with E-state index in [0.29, 0.717) is 6.79 Å². The molecule has 3 heteroatoms. The first-order valence-corrected chi connectivity index (χ1v) is 7.00. The maximum Gasteiger partial charge on any atom is 0.189 e. The minimum Gasteiger partial charge on any atom is -0.468 e. The molecule has 0 saturated heterocycles. The molecule has 0 aromatic heterocycles. The van der Waals surface area contributed by atoms with Crippen molar-refractivity contribution in [3.05, 3.63) is 40.9 Å². The van der Waals surface area contributed by atoms with E-state index in [9.17, 15) is 0 Å².